The highest BCUT2D eigenvalue weighted by atomic mass is 35.5. The highest BCUT2D eigenvalue weighted by Crippen LogP contribution is 2.22. The van der Waals surface area contributed by atoms with Crippen molar-refractivity contribution in [2.45, 2.75) is 19.3 Å². The summed E-state index contributed by atoms with van der Waals surface area (Å²) in [5, 5.41) is 3.44. The molecule has 0 aliphatic carbocycles. The second-order valence-electron chi connectivity index (χ2n) is 5.51. The minimum atomic E-state index is -0.191. The first-order valence-electron chi connectivity index (χ1n) is 7.61. The molecule has 1 N–H and O–H groups in total. The Morgan fingerprint density at radius 3 is 2.35 bits per heavy atom. The van der Waals surface area contributed by atoms with Crippen LogP contribution in [0.15, 0.2) is 48.5 Å². The summed E-state index contributed by atoms with van der Waals surface area (Å²) in [6.45, 7) is 0.745. The molecule has 1 aliphatic heterocycles. The van der Waals surface area contributed by atoms with Crippen LogP contribution in [0.3, 0.4) is 0 Å². The molecule has 2 amide bonds. The van der Waals surface area contributed by atoms with E-state index in [1.54, 1.807) is 41.3 Å². The number of carbonyl (C=O) groups is 2. The van der Waals surface area contributed by atoms with E-state index in [1.165, 1.54) is 0 Å². The predicted octanol–water partition coefficient (Wildman–Crippen LogP) is 4.11. The lowest BCUT2D eigenvalue weighted by molar-refractivity contribution is -0.119. The molecule has 2 aromatic rings. The van der Waals surface area contributed by atoms with Crippen LogP contribution in [0.1, 0.15) is 29.6 Å². The quantitative estimate of drug-likeness (QED) is 0.921. The van der Waals surface area contributed by atoms with Crippen molar-refractivity contribution in [2.24, 2.45) is 0 Å². The van der Waals surface area contributed by atoms with E-state index in [4.69, 9.17) is 11.6 Å². The fourth-order valence-corrected chi connectivity index (χ4v) is 2.73. The van der Waals surface area contributed by atoms with E-state index >= 15 is 0 Å². The summed E-state index contributed by atoms with van der Waals surface area (Å²) in [6, 6.07) is 14.1. The molecule has 1 fully saturated rings. The topological polar surface area (TPSA) is 49.4 Å². The molecule has 1 aliphatic rings. The maximum atomic E-state index is 12.2. The third-order valence-corrected chi connectivity index (χ3v) is 4.12. The number of hydrogen-bond acceptors (Lipinski definition) is 2. The lowest BCUT2D eigenvalue weighted by atomic mass is 10.1. The molecule has 0 saturated carbocycles. The van der Waals surface area contributed by atoms with Gasteiger partial charge in [0.25, 0.3) is 5.91 Å². The van der Waals surface area contributed by atoms with Gasteiger partial charge >= 0.3 is 0 Å². The number of rotatable bonds is 3. The van der Waals surface area contributed by atoms with Gasteiger partial charge in [-0.25, -0.2) is 0 Å². The van der Waals surface area contributed by atoms with Gasteiger partial charge in [0, 0.05) is 34.9 Å². The van der Waals surface area contributed by atoms with Gasteiger partial charge in [0.2, 0.25) is 5.91 Å². The standard InChI is InChI=1S/C18H17ClN2O2/c19-14-6-8-15(9-7-14)20-18(23)13-4-10-16(11-5-13)21-12-2-1-3-17(21)22/h4-11H,1-3,12H2,(H,20,23). The zero-order chi connectivity index (χ0) is 16.2. The Bertz CT molecular complexity index is 711. The van der Waals surface area contributed by atoms with Crippen molar-refractivity contribution in [3.63, 3.8) is 0 Å². The van der Waals surface area contributed by atoms with Crippen molar-refractivity contribution in [3.8, 4) is 0 Å². The number of hydrogen-bond donors (Lipinski definition) is 1. The fraction of sp³-hybridized carbons (Fsp3) is 0.222. The number of halogens is 1. The highest BCUT2D eigenvalue weighted by molar-refractivity contribution is 6.30. The number of nitrogens with one attached hydrogen (secondary N) is 1. The maximum absolute atomic E-state index is 12.2. The Labute approximate surface area is 140 Å². The van der Waals surface area contributed by atoms with Crippen LogP contribution in [0.4, 0.5) is 11.4 Å². The summed E-state index contributed by atoms with van der Waals surface area (Å²) >= 11 is 5.82. The summed E-state index contributed by atoms with van der Waals surface area (Å²) in [4.78, 5) is 25.9. The van der Waals surface area contributed by atoms with Crippen molar-refractivity contribution in [3.05, 3.63) is 59.1 Å². The number of piperidine rings is 1. The third-order valence-electron chi connectivity index (χ3n) is 3.87. The van der Waals surface area contributed by atoms with E-state index in [1.807, 2.05) is 12.1 Å². The Balaban J connectivity index is 1.70. The molecule has 0 unspecified atom stereocenters. The first-order chi connectivity index (χ1) is 11.1. The molecule has 23 heavy (non-hydrogen) atoms. The van der Waals surface area contributed by atoms with Gasteiger partial charge in [0.1, 0.15) is 0 Å². The van der Waals surface area contributed by atoms with Crippen molar-refractivity contribution in [1.82, 2.24) is 0 Å². The van der Waals surface area contributed by atoms with Crippen LogP contribution in [0.2, 0.25) is 5.02 Å². The van der Waals surface area contributed by atoms with Gasteiger partial charge in [-0.2, -0.15) is 0 Å². The van der Waals surface area contributed by atoms with Crippen molar-refractivity contribution >= 4 is 34.8 Å². The smallest absolute Gasteiger partial charge is 0.255 e. The first-order valence-corrected chi connectivity index (χ1v) is 7.98. The largest absolute Gasteiger partial charge is 0.322 e. The molecular weight excluding hydrogens is 312 g/mol. The SMILES string of the molecule is O=C(Nc1ccc(Cl)cc1)c1ccc(N2CCCCC2=O)cc1. The average molecular weight is 329 g/mol. The Hall–Kier alpha value is -2.33. The molecule has 0 aromatic heterocycles. The van der Waals surface area contributed by atoms with Crippen molar-refractivity contribution in [1.29, 1.82) is 0 Å². The van der Waals surface area contributed by atoms with E-state index in [-0.39, 0.29) is 11.8 Å². The maximum Gasteiger partial charge on any atom is 0.255 e. The molecule has 1 heterocycles. The Morgan fingerprint density at radius 1 is 1.00 bits per heavy atom. The van der Waals surface area contributed by atoms with Gasteiger partial charge in [-0.1, -0.05) is 11.6 Å². The van der Waals surface area contributed by atoms with Gasteiger partial charge in [0.05, 0.1) is 0 Å². The Morgan fingerprint density at radius 2 is 1.70 bits per heavy atom. The fourth-order valence-electron chi connectivity index (χ4n) is 2.61. The minimum absolute atomic E-state index is 0.148. The molecule has 0 spiro atoms. The highest BCUT2D eigenvalue weighted by Gasteiger charge is 2.19. The zero-order valence-electron chi connectivity index (χ0n) is 12.6. The second-order valence-corrected chi connectivity index (χ2v) is 5.95. The van der Waals surface area contributed by atoms with Crippen LogP contribution < -0.4 is 10.2 Å². The van der Waals surface area contributed by atoms with E-state index in [2.05, 4.69) is 5.32 Å². The zero-order valence-corrected chi connectivity index (χ0v) is 13.3. The molecule has 0 bridgehead atoms. The van der Waals surface area contributed by atoms with Crippen LogP contribution in [0.25, 0.3) is 0 Å². The summed E-state index contributed by atoms with van der Waals surface area (Å²) in [6.07, 6.45) is 2.57. The molecule has 1 saturated heterocycles. The lowest BCUT2D eigenvalue weighted by Gasteiger charge is -2.26. The van der Waals surface area contributed by atoms with Crippen LogP contribution in [-0.2, 0) is 4.79 Å². The molecule has 2 aromatic carbocycles. The van der Waals surface area contributed by atoms with Gasteiger partial charge in [-0.3, -0.25) is 9.59 Å². The summed E-state index contributed by atoms with van der Waals surface area (Å²) in [5.74, 6) is -0.0431. The van der Waals surface area contributed by atoms with Gasteiger partial charge in [-0.05, 0) is 61.4 Å². The van der Waals surface area contributed by atoms with E-state index in [9.17, 15) is 9.59 Å². The summed E-state index contributed by atoms with van der Waals surface area (Å²) < 4.78 is 0. The van der Waals surface area contributed by atoms with E-state index < -0.39 is 0 Å². The third kappa shape index (κ3) is 3.71. The molecule has 4 nitrogen and oxygen atoms in total. The molecule has 0 radical (unpaired) electrons. The first kappa shape index (κ1) is 15.6. The number of benzene rings is 2. The lowest BCUT2D eigenvalue weighted by Crippen LogP contribution is -2.35. The predicted molar refractivity (Wildman–Crippen MR) is 92.1 cm³/mol. The monoisotopic (exact) mass is 328 g/mol. The molecule has 3 rings (SSSR count). The van der Waals surface area contributed by atoms with Crippen LogP contribution in [0.5, 0.6) is 0 Å². The van der Waals surface area contributed by atoms with Crippen LogP contribution >= 0.6 is 11.6 Å². The molecule has 118 valence electrons. The number of amides is 2. The van der Waals surface area contributed by atoms with Crippen molar-refractivity contribution < 1.29 is 9.59 Å². The van der Waals surface area contributed by atoms with Gasteiger partial charge in [-0.15, -0.1) is 0 Å². The van der Waals surface area contributed by atoms with Crippen LogP contribution in [-0.4, -0.2) is 18.4 Å². The number of carbonyl (C=O) groups excluding carboxylic acids is 2. The average Bonchev–Trinajstić information content (AvgIpc) is 2.57. The van der Waals surface area contributed by atoms with Crippen LogP contribution in [0, 0.1) is 0 Å². The van der Waals surface area contributed by atoms with Gasteiger partial charge in [0.15, 0.2) is 0 Å². The summed E-state index contributed by atoms with van der Waals surface area (Å²) in [5.41, 5.74) is 2.08. The molecule has 0 atom stereocenters. The normalized spacial score (nSPS) is 14.7. The Kier molecular flexibility index (Phi) is 4.63. The second kappa shape index (κ2) is 6.84. The van der Waals surface area contributed by atoms with Crippen molar-refractivity contribution in [2.75, 3.05) is 16.8 Å². The minimum Gasteiger partial charge on any atom is -0.322 e. The van der Waals surface area contributed by atoms with Gasteiger partial charge < -0.3 is 10.2 Å². The van der Waals surface area contributed by atoms with E-state index in [0.29, 0.717) is 22.7 Å². The summed E-state index contributed by atoms with van der Waals surface area (Å²) in [7, 11) is 0. The molecule has 5 heteroatoms. The molecular formula is C18H17ClN2O2. The number of nitrogens with zero attached hydrogens (tertiary/aromatic N) is 1. The van der Waals surface area contributed by atoms with E-state index in [0.717, 1.165) is 25.1 Å². The number of anilines is 2.